The van der Waals surface area contributed by atoms with Crippen LogP contribution in [0.1, 0.15) is 15.9 Å². The normalized spacial score (nSPS) is 10.2. The van der Waals surface area contributed by atoms with E-state index in [0.29, 0.717) is 17.1 Å². The van der Waals surface area contributed by atoms with E-state index >= 15 is 0 Å². The van der Waals surface area contributed by atoms with Crippen molar-refractivity contribution in [1.82, 2.24) is 0 Å². The lowest BCUT2D eigenvalue weighted by Gasteiger charge is -2.17. The van der Waals surface area contributed by atoms with E-state index in [4.69, 9.17) is 11.6 Å². The summed E-state index contributed by atoms with van der Waals surface area (Å²) in [5.41, 5.74) is 2.05. The number of nitrogens with zero attached hydrogens (tertiary/aromatic N) is 2. The van der Waals surface area contributed by atoms with Crippen LogP contribution in [0.25, 0.3) is 0 Å². The molecule has 0 atom stereocenters. The number of benzene rings is 2. The van der Waals surface area contributed by atoms with Gasteiger partial charge in [0.2, 0.25) is 0 Å². The van der Waals surface area contributed by atoms with Crippen molar-refractivity contribution in [3.8, 4) is 0 Å². The Morgan fingerprint density at radius 3 is 2.19 bits per heavy atom. The van der Waals surface area contributed by atoms with E-state index in [1.807, 2.05) is 0 Å². The highest BCUT2D eigenvalue weighted by Crippen LogP contribution is 2.20. The summed E-state index contributed by atoms with van der Waals surface area (Å²) >= 11 is 5.71. The van der Waals surface area contributed by atoms with Gasteiger partial charge < -0.3 is 4.90 Å². The number of non-ortho nitro benzene ring substituents is 1. The van der Waals surface area contributed by atoms with Gasteiger partial charge in [0.25, 0.3) is 11.6 Å². The fourth-order valence-electron chi connectivity index (χ4n) is 1.85. The maximum absolute atomic E-state index is 12.3. The molecule has 0 bridgehead atoms. The topological polar surface area (TPSA) is 63.5 Å². The molecule has 0 aliphatic heterocycles. The molecule has 0 aromatic heterocycles. The van der Waals surface area contributed by atoms with Gasteiger partial charge in [-0.15, -0.1) is 11.6 Å². The van der Waals surface area contributed by atoms with Gasteiger partial charge in [0.1, 0.15) is 0 Å². The maximum Gasteiger partial charge on any atom is 0.269 e. The zero-order valence-electron chi connectivity index (χ0n) is 11.3. The van der Waals surface area contributed by atoms with Crippen LogP contribution in [0, 0.1) is 10.1 Å². The zero-order chi connectivity index (χ0) is 15.4. The van der Waals surface area contributed by atoms with Crippen LogP contribution in [0.5, 0.6) is 0 Å². The Morgan fingerprint density at radius 2 is 1.71 bits per heavy atom. The summed E-state index contributed by atoms with van der Waals surface area (Å²) < 4.78 is 0. The highest BCUT2D eigenvalue weighted by Gasteiger charge is 2.14. The molecule has 2 rings (SSSR count). The molecule has 2 aromatic rings. The van der Waals surface area contributed by atoms with Crippen LogP contribution < -0.4 is 4.90 Å². The number of carbonyl (C=O) groups excluding carboxylic acids is 1. The van der Waals surface area contributed by atoms with Gasteiger partial charge in [-0.2, -0.15) is 0 Å². The molecule has 2 aromatic carbocycles. The molecule has 21 heavy (non-hydrogen) atoms. The average Bonchev–Trinajstić information content (AvgIpc) is 2.53. The first-order valence-electron chi connectivity index (χ1n) is 6.20. The summed E-state index contributed by atoms with van der Waals surface area (Å²) in [4.78, 5) is 23.9. The molecule has 0 radical (unpaired) electrons. The molecule has 6 heteroatoms. The van der Waals surface area contributed by atoms with E-state index in [2.05, 4.69) is 0 Å². The first kappa shape index (κ1) is 15.0. The van der Waals surface area contributed by atoms with E-state index in [-0.39, 0.29) is 11.6 Å². The van der Waals surface area contributed by atoms with Crippen LogP contribution >= 0.6 is 11.6 Å². The summed E-state index contributed by atoms with van der Waals surface area (Å²) in [6.07, 6.45) is 0. The second kappa shape index (κ2) is 6.37. The average molecular weight is 305 g/mol. The lowest BCUT2D eigenvalue weighted by Crippen LogP contribution is -2.26. The number of rotatable bonds is 4. The van der Waals surface area contributed by atoms with Crippen LogP contribution in [0.4, 0.5) is 11.4 Å². The molecule has 0 aliphatic carbocycles. The lowest BCUT2D eigenvalue weighted by molar-refractivity contribution is -0.384. The Bertz CT molecular complexity index is 654. The fraction of sp³-hybridized carbons (Fsp3) is 0.133. The molecule has 0 heterocycles. The predicted octanol–water partition coefficient (Wildman–Crippen LogP) is 3.61. The minimum absolute atomic E-state index is 0.00827. The number of anilines is 1. The predicted molar refractivity (Wildman–Crippen MR) is 81.8 cm³/mol. The Morgan fingerprint density at radius 1 is 1.14 bits per heavy atom. The Hall–Kier alpha value is -2.40. The number of halogens is 1. The molecule has 0 unspecified atom stereocenters. The minimum atomic E-state index is -0.476. The van der Waals surface area contributed by atoms with Crippen LogP contribution in [-0.2, 0) is 5.88 Å². The van der Waals surface area contributed by atoms with Crippen molar-refractivity contribution in [3.05, 3.63) is 69.8 Å². The SMILES string of the molecule is CN(C(=O)c1ccc(CCl)cc1)c1ccc([N+](=O)[O-])cc1. The quantitative estimate of drug-likeness (QED) is 0.492. The Balaban J connectivity index is 2.19. The van der Waals surface area contributed by atoms with Crippen molar-refractivity contribution in [1.29, 1.82) is 0 Å². The van der Waals surface area contributed by atoms with Gasteiger partial charge in [-0.3, -0.25) is 14.9 Å². The summed E-state index contributed by atoms with van der Waals surface area (Å²) in [7, 11) is 1.62. The number of hydrogen-bond donors (Lipinski definition) is 0. The summed E-state index contributed by atoms with van der Waals surface area (Å²) in [5.74, 6) is 0.206. The van der Waals surface area contributed by atoms with Gasteiger partial charge in [-0.05, 0) is 29.8 Å². The molecule has 0 fully saturated rings. The molecule has 0 spiro atoms. The number of nitro benzene ring substituents is 1. The molecular formula is C15H13ClN2O3. The van der Waals surface area contributed by atoms with Crippen LogP contribution in [-0.4, -0.2) is 17.9 Å². The smallest absolute Gasteiger partial charge is 0.269 e. The summed E-state index contributed by atoms with van der Waals surface area (Å²) in [6.45, 7) is 0. The third-order valence-corrected chi connectivity index (χ3v) is 3.42. The van der Waals surface area contributed by atoms with E-state index in [0.717, 1.165) is 5.56 Å². The third-order valence-electron chi connectivity index (χ3n) is 3.11. The van der Waals surface area contributed by atoms with Gasteiger partial charge in [0, 0.05) is 36.3 Å². The van der Waals surface area contributed by atoms with E-state index in [9.17, 15) is 14.9 Å². The van der Waals surface area contributed by atoms with E-state index in [1.54, 1.807) is 43.4 Å². The van der Waals surface area contributed by atoms with Crippen LogP contribution in [0.3, 0.4) is 0 Å². The second-order valence-corrected chi connectivity index (χ2v) is 4.74. The van der Waals surface area contributed by atoms with E-state index < -0.39 is 4.92 Å². The van der Waals surface area contributed by atoms with Crippen molar-refractivity contribution < 1.29 is 9.72 Å². The van der Waals surface area contributed by atoms with Crippen LogP contribution in [0.2, 0.25) is 0 Å². The van der Waals surface area contributed by atoms with Crippen LogP contribution in [0.15, 0.2) is 48.5 Å². The van der Waals surface area contributed by atoms with Crippen molar-refractivity contribution in [2.24, 2.45) is 0 Å². The van der Waals surface area contributed by atoms with Crippen molar-refractivity contribution in [3.63, 3.8) is 0 Å². The van der Waals surface area contributed by atoms with Gasteiger partial charge >= 0.3 is 0 Å². The van der Waals surface area contributed by atoms with Gasteiger partial charge in [-0.25, -0.2) is 0 Å². The van der Waals surface area contributed by atoms with Gasteiger partial charge in [0.05, 0.1) is 4.92 Å². The molecule has 5 nitrogen and oxygen atoms in total. The molecular weight excluding hydrogens is 292 g/mol. The highest BCUT2D eigenvalue weighted by molar-refractivity contribution is 6.17. The first-order valence-corrected chi connectivity index (χ1v) is 6.74. The molecule has 108 valence electrons. The zero-order valence-corrected chi connectivity index (χ0v) is 12.1. The van der Waals surface area contributed by atoms with Crippen molar-refractivity contribution >= 4 is 28.9 Å². The Labute approximate surface area is 126 Å². The number of amides is 1. The van der Waals surface area contributed by atoms with Crippen molar-refractivity contribution in [2.45, 2.75) is 5.88 Å². The van der Waals surface area contributed by atoms with Gasteiger partial charge in [-0.1, -0.05) is 12.1 Å². The summed E-state index contributed by atoms with van der Waals surface area (Å²) in [6, 6.07) is 12.8. The standard InChI is InChI=1S/C15H13ClN2O3/c1-17(13-6-8-14(9-7-13)18(20)21)15(19)12-4-2-11(10-16)3-5-12/h2-9H,10H2,1H3. The lowest BCUT2D eigenvalue weighted by atomic mass is 10.1. The molecule has 1 amide bonds. The molecule has 0 saturated heterocycles. The van der Waals surface area contributed by atoms with E-state index in [1.165, 1.54) is 17.0 Å². The first-order chi connectivity index (χ1) is 10.0. The Kier molecular flexibility index (Phi) is 4.55. The number of alkyl halides is 1. The minimum Gasteiger partial charge on any atom is -0.311 e. The monoisotopic (exact) mass is 304 g/mol. The highest BCUT2D eigenvalue weighted by atomic mass is 35.5. The third kappa shape index (κ3) is 3.38. The number of hydrogen-bond acceptors (Lipinski definition) is 3. The molecule has 0 saturated carbocycles. The number of carbonyl (C=O) groups is 1. The number of nitro groups is 1. The maximum atomic E-state index is 12.3. The molecule has 0 aliphatic rings. The fourth-order valence-corrected chi connectivity index (χ4v) is 2.02. The van der Waals surface area contributed by atoms with Crippen molar-refractivity contribution in [2.75, 3.05) is 11.9 Å². The van der Waals surface area contributed by atoms with Gasteiger partial charge in [0.15, 0.2) is 0 Å². The largest absolute Gasteiger partial charge is 0.311 e. The summed E-state index contributed by atoms with van der Waals surface area (Å²) in [5, 5.41) is 10.6. The molecule has 0 N–H and O–H groups in total. The second-order valence-electron chi connectivity index (χ2n) is 4.47.